The van der Waals surface area contributed by atoms with Crippen LogP contribution in [0.5, 0.6) is 0 Å². The topological polar surface area (TPSA) is 84.2 Å². The van der Waals surface area contributed by atoms with E-state index in [0.29, 0.717) is 12.8 Å². The van der Waals surface area contributed by atoms with E-state index in [0.717, 1.165) is 0 Å². The van der Waals surface area contributed by atoms with Gasteiger partial charge in [-0.05, 0) is 6.42 Å². The molecule has 0 aliphatic heterocycles. The molecule has 8 heteroatoms. The Hall–Kier alpha value is -1.31. The van der Waals surface area contributed by atoms with Gasteiger partial charge in [0.15, 0.2) is 6.04 Å². The second-order valence-electron chi connectivity index (χ2n) is 3.41. The van der Waals surface area contributed by atoms with E-state index in [9.17, 15) is 22.8 Å². The fourth-order valence-corrected chi connectivity index (χ4v) is 0.962. The molecule has 0 radical (unpaired) electrons. The molecule has 2 amide bonds. The van der Waals surface area contributed by atoms with E-state index in [4.69, 9.17) is 0 Å². The molecule has 100 valence electrons. The summed E-state index contributed by atoms with van der Waals surface area (Å²) in [6.07, 6.45) is -3.73. The van der Waals surface area contributed by atoms with Gasteiger partial charge in [-0.25, -0.2) is 0 Å². The normalized spacial score (nSPS) is 13.0. The predicted octanol–water partition coefficient (Wildman–Crippen LogP) is -0.0915. The summed E-state index contributed by atoms with van der Waals surface area (Å²) in [5.74, 6) is -1.51. The summed E-state index contributed by atoms with van der Waals surface area (Å²) < 4.78 is 35.9. The highest BCUT2D eigenvalue weighted by Crippen LogP contribution is 2.18. The summed E-state index contributed by atoms with van der Waals surface area (Å²) in [6, 6.07) is -2.53. The molecule has 0 aliphatic rings. The Morgan fingerprint density at radius 2 is 1.76 bits per heavy atom. The van der Waals surface area contributed by atoms with Gasteiger partial charge >= 0.3 is 6.18 Å². The Kier molecular flexibility index (Phi) is 6.55. The fraction of sp³-hybridized carbons (Fsp3) is 0.778. The molecule has 0 aromatic rings. The van der Waals surface area contributed by atoms with Crippen LogP contribution >= 0.6 is 0 Å². The molecule has 0 fully saturated rings. The van der Waals surface area contributed by atoms with Crippen molar-refractivity contribution in [3.63, 3.8) is 0 Å². The number of halogens is 3. The van der Waals surface area contributed by atoms with Crippen LogP contribution in [0.25, 0.3) is 0 Å². The van der Waals surface area contributed by atoms with E-state index in [1.54, 1.807) is 0 Å². The van der Waals surface area contributed by atoms with Crippen LogP contribution in [0.2, 0.25) is 0 Å². The Morgan fingerprint density at radius 3 is 2.24 bits per heavy atom. The van der Waals surface area contributed by atoms with E-state index in [1.807, 2.05) is 12.2 Å². The van der Waals surface area contributed by atoms with Crippen molar-refractivity contribution >= 4 is 11.8 Å². The predicted molar refractivity (Wildman–Crippen MR) is 55.0 cm³/mol. The average Bonchev–Trinajstić information content (AvgIpc) is 2.22. The van der Waals surface area contributed by atoms with E-state index in [-0.39, 0.29) is 19.0 Å². The lowest BCUT2D eigenvalue weighted by atomic mass is 10.3. The first-order chi connectivity index (χ1) is 7.79. The summed E-state index contributed by atoms with van der Waals surface area (Å²) in [4.78, 5) is 21.8. The van der Waals surface area contributed by atoms with Crippen LogP contribution in [0.4, 0.5) is 13.2 Å². The third-order valence-corrected chi connectivity index (χ3v) is 1.86. The number of amides is 2. The first-order valence-corrected chi connectivity index (χ1v) is 5.15. The summed E-state index contributed by atoms with van der Waals surface area (Å²) in [7, 11) is 0. The minimum atomic E-state index is -4.75. The van der Waals surface area contributed by atoms with E-state index in [2.05, 4.69) is 11.1 Å². The molecular weight excluding hydrogens is 239 g/mol. The van der Waals surface area contributed by atoms with Gasteiger partial charge in [0.1, 0.15) is 0 Å². The largest absolute Gasteiger partial charge is 0.412 e. The number of hydrogen-bond donors (Lipinski definition) is 3. The number of carbonyl (C=O) groups is 2. The van der Waals surface area contributed by atoms with Crippen LogP contribution in [-0.4, -0.2) is 37.1 Å². The van der Waals surface area contributed by atoms with Gasteiger partial charge in [0.25, 0.3) is 0 Å². The summed E-state index contributed by atoms with van der Waals surface area (Å²) in [5, 5.41) is 4.43. The van der Waals surface area contributed by atoms with Crippen LogP contribution in [0.1, 0.15) is 19.8 Å². The third-order valence-electron chi connectivity index (χ3n) is 1.86. The molecular formula is C9H16F3N3O2. The number of nitrogens with two attached hydrogens (primary N) is 1. The van der Waals surface area contributed by atoms with Gasteiger partial charge in [-0.3, -0.25) is 9.59 Å². The summed E-state index contributed by atoms with van der Waals surface area (Å²) in [6.45, 7) is 1.82. The van der Waals surface area contributed by atoms with Crippen molar-refractivity contribution in [1.82, 2.24) is 10.6 Å². The van der Waals surface area contributed by atoms with Crippen LogP contribution in [-0.2, 0) is 9.59 Å². The first-order valence-electron chi connectivity index (χ1n) is 5.15. The van der Waals surface area contributed by atoms with Crippen molar-refractivity contribution in [2.24, 2.45) is 5.73 Å². The van der Waals surface area contributed by atoms with Crippen molar-refractivity contribution in [2.75, 3.05) is 13.1 Å². The molecule has 0 aromatic carbocycles. The molecule has 0 aliphatic carbocycles. The molecule has 0 heterocycles. The van der Waals surface area contributed by atoms with Crippen LogP contribution in [0.15, 0.2) is 0 Å². The van der Waals surface area contributed by atoms with Crippen molar-refractivity contribution in [1.29, 1.82) is 0 Å². The zero-order valence-corrected chi connectivity index (χ0v) is 9.43. The zero-order chi connectivity index (χ0) is 13.5. The minimum absolute atomic E-state index is 0.0785. The minimum Gasteiger partial charge on any atom is -0.354 e. The van der Waals surface area contributed by atoms with Gasteiger partial charge in [-0.1, -0.05) is 6.92 Å². The van der Waals surface area contributed by atoms with Crippen molar-refractivity contribution in [3.8, 4) is 0 Å². The lowest BCUT2D eigenvalue weighted by Crippen LogP contribution is -2.51. The molecule has 0 bridgehead atoms. The Labute approximate surface area is 96.9 Å². The van der Waals surface area contributed by atoms with Gasteiger partial charge in [0.2, 0.25) is 11.8 Å². The lowest BCUT2D eigenvalue weighted by molar-refractivity contribution is -0.162. The van der Waals surface area contributed by atoms with E-state index >= 15 is 0 Å². The monoisotopic (exact) mass is 255 g/mol. The second kappa shape index (κ2) is 7.10. The molecule has 0 aromatic heterocycles. The average molecular weight is 255 g/mol. The number of hydrogen-bond acceptors (Lipinski definition) is 3. The van der Waals surface area contributed by atoms with Gasteiger partial charge in [-0.15, -0.1) is 0 Å². The highest BCUT2D eigenvalue weighted by atomic mass is 19.4. The van der Waals surface area contributed by atoms with Crippen molar-refractivity contribution < 1.29 is 22.8 Å². The highest BCUT2D eigenvalue weighted by molar-refractivity contribution is 5.82. The van der Waals surface area contributed by atoms with Gasteiger partial charge < -0.3 is 16.4 Å². The quantitative estimate of drug-likeness (QED) is 0.580. The molecule has 1 unspecified atom stereocenters. The Bertz CT molecular complexity index is 269. The summed E-state index contributed by atoms with van der Waals surface area (Å²) >= 11 is 0. The molecule has 5 nitrogen and oxygen atoms in total. The van der Waals surface area contributed by atoms with Gasteiger partial charge in [0.05, 0.1) is 0 Å². The Balaban J connectivity index is 3.76. The number of rotatable bonds is 6. The molecule has 1 atom stereocenters. The summed E-state index contributed by atoms with van der Waals surface area (Å²) in [5.41, 5.74) is 4.66. The second-order valence-corrected chi connectivity index (χ2v) is 3.41. The van der Waals surface area contributed by atoms with Crippen LogP contribution < -0.4 is 16.4 Å². The molecule has 0 saturated heterocycles. The molecule has 0 rings (SSSR count). The molecule has 17 heavy (non-hydrogen) atoms. The van der Waals surface area contributed by atoms with Crippen molar-refractivity contribution in [3.05, 3.63) is 0 Å². The van der Waals surface area contributed by atoms with Crippen LogP contribution in [0, 0.1) is 0 Å². The number of nitrogens with one attached hydrogen (secondary N) is 2. The molecule has 0 saturated carbocycles. The maximum Gasteiger partial charge on any atom is 0.412 e. The first kappa shape index (κ1) is 15.7. The molecule has 4 N–H and O–H groups in total. The number of alkyl halides is 3. The third kappa shape index (κ3) is 6.77. The van der Waals surface area contributed by atoms with Gasteiger partial charge in [0, 0.05) is 19.5 Å². The smallest absolute Gasteiger partial charge is 0.354 e. The number of carbonyl (C=O) groups excluding carboxylic acids is 2. The molecule has 0 spiro atoms. The lowest BCUT2D eigenvalue weighted by Gasteiger charge is -2.15. The zero-order valence-electron chi connectivity index (χ0n) is 9.43. The Morgan fingerprint density at radius 1 is 1.24 bits per heavy atom. The van der Waals surface area contributed by atoms with E-state index in [1.165, 1.54) is 0 Å². The maximum atomic E-state index is 12.0. The fourth-order valence-electron chi connectivity index (χ4n) is 0.962. The van der Waals surface area contributed by atoms with Gasteiger partial charge in [-0.2, -0.15) is 13.2 Å². The SMILES string of the molecule is CCCC(=O)NCCNC(=O)C(N)C(F)(F)F. The standard InChI is InChI=1S/C9H16F3N3O2/c1-2-3-6(16)14-4-5-15-8(17)7(13)9(10,11)12/h7H,2-5,13H2,1H3,(H,14,16)(H,15,17). The maximum absolute atomic E-state index is 12.0. The van der Waals surface area contributed by atoms with Crippen molar-refractivity contribution in [2.45, 2.75) is 32.0 Å². The highest BCUT2D eigenvalue weighted by Gasteiger charge is 2.41. The van der Waals surface area contributed by atoms with E-state index < -0.39 is 18.1 Å². The van der Waals surface area contributed by atoms with Crippen LogP contribution in [0.3, 0.4) is 0 Å².